The molecule has 2 atom stereocenters. The Bertz CT molecular complexity index is 3110. The first-order valence-electron chi connectivity index (χ1n) is 20.9. The zero-order chi connectivity index (χ0) is 54.9. The smallest absolute Gasteiger partial charge is 0.323 e. The Morgan fingerprint density at radius 3 is 1.07 bits per heavy atom. The molecule has 0 aliphatic heterocycles. The summed E-state index contributed by atoms with van der Waals surface area (Å²) in [6.07, 6.45) is 5.91. The molecule has 8 rings (SSSR count). The minimum atomic E-state index is -4.09. The van der Waals surface area contributed by atoms with E-state index in [4.69, 9.17) is 9.11 Å². The van der Waals surface area contributed by atoms with Crippen molar-refractivity contribution in [2.45, 2.75) is 50.0 Å². The first-order chi connectivity index (χ1) is 34.4. The van der Waals surface area contributed by atoms with Crippen LogP contribution in [0.15, 0.2) is 134 Å². The van der Waals surface area contributed by atoms with Crippen LogP contribution in [0.3, 0.4) is 0 Å². The number of aromatic nitrogens is 10. The fraction of sp³-hybridized carbons (Fsp3) is 0.217. The summed E-state index contributed by atoms with van der Waals surface area (Å²) in [5.41, 5.74) is -4.77. The average molecular weight is 1080 g/mol. The van der Waals surface area contributed by atoms with Crippen LogP contribution in [0.5, 0.6) is 0 Å². The van der Waals surface area contributed by atoms with Gasteiger partial charge in [0.15, 0.2) is 11.2 Å². The quantitative estimate of drug-likeness (QED) is 0.0708. The molecular weight excluding hydrogens is 1040 g/mol. The van der Waals surface area contributed by atoms with Crippen LogP contribution in [-0.2, 0) is 56.4 Å². The maximum absolute atomic E-state index is 15.7. The SMILES string of the molecule is CS(=O)(=O)O.CS(=O)(=O)O.Cc1ccc(-c2ccc(C(F)(F)[C@](O)(Cn3cnnn3)c3ccc(F)cc3F)nc2)cc1.Cc1ccc(-c2ccc(C(F)(F)[C@](O)(Cn3cnnn3)c3ccc(F)cc3F)nc2)cc1. The highest BCUT2D eigenvalue weighted by molar-refractivity contribution is 7.85. The number of hydrogen-bond donors (Lipinski definition) is 4. The summed E-state index contributed by atoms with van der Waals surface area (Å²) >= 11 is 0. The van der Waals surface area contributed by atoms with E-state index in [1.54, 1.807) is 0 Å². The molecule has 0 saturated heterocycles. The molecule has 0 unspecified atom stereocenters. The van der Waals surface area contributed by atoms with Crippen molar-refractivity contribution in [3.8, 4) is 22.3 Å². The number of pyridine rings is 2. The van der Waals surface area contributed by atoms with Crippen molar-refractivity contribution in [1.82, 2.24) is 50.4 Å². The molecule has 0 aliphatic carbocycles. The Balaban J connectivity index is 0.000000232. The van der Waals surface area contributed by atoms with Crippen molar-refractivity contribution >= 4 is 20.2 Å². The van der Waals surface area contributed by atoms with Crippen molar-refractivity contribution in [3.05, 3.63) is 191 Å². The Hall–Kier alpha value is -7.50. The van der Waals surface area contributed by atoms with Gasteiger partial charge in [-0.15, -0.1) is 10.2 Å². The van der Waals surface area contributed by atoms with Gasteiger partial charge in [0, 0.05) is 46.8 Å². The predicted molar refractivity (Wildman–Crippen MR) is 248 cm³/mol. The second-order valence-corrected chi connectivity index (χ2v) is 19.1. The molecule has 0 fully saturated rings. The van der Waals surface area contributed by atoms with Crippen LogP contribution >= 0.6 is 0 Å². The highest BCUT2D eigenvalue weighted by Crippen LogP contribution is 2.48. The standard InChI is InChI=1S/2C22H17F4N5O.2CH4O3S/c2*1-14-2-4-15(5-3-14)16-6-9-20(27-11-16)22(25,26)21(32,12-31-13-28-29-30-31)18-8-7-17(23)10-19(18)24;2*1-5(2,3)4/h2*2-11,13,32H,12H2,1H3;2*1H3,(H,2,3,4)/t2*21-;;/m00../s1. The molecule has 0 bridgehead atoms. The van der Waals surface area contributed by atoms with Crippen LogP contribution in [0.25, 0.3) is 22.3 Å². The van der Waals surface area contributed by atoms with Gasteiger partial charge in [0.1, 0.15) is 47.3 Å². The number of alkyl halides is 4. The minimum absolute atomic E-state index is 0.421. The maximum Gasteiger partial charge on any atom is 0.323 e. The molecule has 4 N–H and O–H groups in total. The van der Waals surface area contributed by atoms with E-state index in [2.05, 4.69) is 41.0 Å². The van der Waals surface area contributed by atoms with Crippen molar-refractivity contribution < 1.29 is 71.3 Å². The van der Waals surface area contributed by atoms with Crippen molar-refractivity contribution in [2.24, 2.45) is 0 Å². The number of hydrogen-bond acceptors (Lipinski definition) is 14. The summed E-state index contributed by atoms with van der Waals surface area (Å²) in [5, 5.41) is 42.7. The zero-order valence-electron chi connectivity index (χ0n) is 38.9. The van der Waals surface area contributed by atoms with Gasteiger partial charge in [-0.3, -0.25) is 19.1 Å². The number of tetrazole rings is 2. The third kappa shape index (κ3) is 14.8. The van der Waals surface area contributed by atoms with Gasteiger partial charge < -0.3 is 10.2 Å². The number of rotatable bonds is 12. The number of aliphatic hydroxyl groups is 2. The molecular formula is C46H42F8N10O8S2. The largest absolute Gasteiger partial charge is 0.377 e. The fourth-order valence-corrected chi connectivity index (χ4v) is 6.75. The van der Waals surface area contributed by atoms with Crippen LogP contribution < -0.4 is 0 Å². The van der Waals surface area contributed by atoms with E-state index in [9.17, 15) is 44.6 Å². The van der Waals surface area contributed by atoms with E-state index >= 15 is 17.6 Å². The minimum Gasteiger partial charge on any atom is -0.377 e. The normalized spacial score (nSPS) is 13.4. The van der Waals surface area contributed by atoms with Crippen LogP contribution in [0.1, 0.15) is 33.6 Å². The summed E-state index contributed by atoms with van der Waals surface area (Å²) in [6.45, 7) is 2.03. The molecule has 4 heterocycles. The summed E-state index contributed by atoms with van der Waals surface area (Å²) in [6, 6.07) is 23.7. The lowest BCUT2D eigenvalue weighted by atomic mass is 9.84. The molecule has 4 aromatic carbocycles. The number of nitrogens with zero attached hydrogens (tertiary/aromatic N) is 10. The van der Waals surface area contributed by atoms with Gasteiger partial charge in [0.05, 0.1) is 25.6 Å². The fourth-order valence-electron chi connectivity index (χ4n) is 6.75. The second-order valence-electron chi connectivity index (χ2n) is 16.2. The molecule has 74 heavy (non-hydrogen) atoms. The molecule has 8 aromatic rings. The predicted octanol–water partition coefficient (Wildman–Crippen LogP) is 7.01. The van der Waals surface area contributed by atoms with Crippen LogP contribution in [-0.4, -0.2) is 99.0 Å². The molecule has 4 aromatic heterocycles. The Kier molecular flexibility index (Phi) is 18.0. The van der Waals surface area contributed by atoms with E-state index in [1.807, 2.05) is 62.4 Å². The van der Waals surface area contributed by atoms with Gasteiger partial charge in [-0.2, -0.15) is 34.4 Å². The highest BCUT2D eigenvalue weighted by atomic mass is 32.2. The van der Waals surface area contributed by atoms with E-state index in [-0.39, 0.29) is 0 Å². The Labute approximate surface area is 416 Å². The van der Waals surface area contributed by atoms with E-state index in [1.165, 1.54) is 24.5 Å². The van der Waals surface area contributed by atoms with Crippen molar-refractivity contribution in [3.63, 3.8) is 0 Å². The maximum atomic E-state index is 15.7. The van der Waals surface area contributed by atoms with Crippen LogP contribution in [0, 0.1) is 37.1 Å². The lowest BCUT2D eigenvalue weighted by Crippen LogP contribution is -2.48. The van der Waals surface area contributed by atoms with Gasteiger partial charge in [0.2, 0.25) is 0 Å². The first-order valence-corrected chi connectivity index (χ1v) is 24.6. The number of halogens is 8. The lowest BCUT2D eigenvalue weighted by molar-refractivity contribution is -0.207. The summed E-state index contributed by atoms with van der Waals surface area (Å²) in [4.78, 5) is 7.70. The zero-order valence-corrected chi connectivity index (χ0v) is 40.5. The van der Waals surface area contributed by atoms with Gasteiger partial charge >= 0.3 is 11.8 Å². The van der Waals surface area contributed by atoms with Gasteiger partial charge in [0.25, 0.3) is 20.2 Å². The first kappa shape index (κ1) is 57.4. The molecule has 28 heteroatoms. The van der Waals surface area contributed by atoms with Gasteiger partial charge in [-0.1, -0.05) is 71.8 Å². The van der Waals surface area contributed by atoms with Gasteiger partial charge in [-0.25, -0.2) is 26.9 Å². The third-order valence-corrected chi connectivity index (χ3v) is 10.3. The monoisotopic (exact) mass is 1080 g/mol. The molecule has 0 amide bonds. The van der Waals surface area contributed by atoms with Gasteiger partial charge in [-0.05, 0) is 82.2 Å². The second kappa shape index (κ2) is 23.1. The molecule has 0 radical (unpaired) electrons. The summed E-state index contributed by atoms with van der Waals surface area (Å²) in [7, 11) is -7.33. The molecule has 392 valence electrons. The highest BCUT2D eigenvalue weighted by Gasteiger charge is 2.59. The Morgan fingerprint density at radius 1 is 0.500 bits per heavy atom. The lowest BCUT2D eigenvalue weighted by Gasteiger charge is -2.35. The Morgan fingerprint density at radius 2 is 0.811 bits per heavy atom. The van der Waals surface area contributed by atoms with Crippen LogP contribution in [0.2, 0.25) is 0 Å². The number of aryl methyl sites for hydroxylation is 2. The van der Waals surface area contributed by atoms with Crippen LogP contribution in [0.4, 0.5) is 35.1 Å². The van der Waals surface area contributed by atoms with Crippen molar-refractivity contribution in [2.75, 3.05) is 12.5 Å². The summed E-state index contributed by atoms with van der Waals surface area (Å²) in [5.74, 6) is -12.8. The molecule has 0 spiro atoms. The van der Waals surface area contributed by atoms with Crippen molar-refractivity contribution in [1.29, 1.82) is 0 Å². The topological polar surface area (TPSA) is 262 Å². The van der Waals surface area contributed by atoms with E-state index < -0.39 is 102 Å². The third-order valence-electron chi connectivity index (χ3n) is 10.3. The number of benzene rings is 4. The van der Waals surface area contributed by atoms with E-state index in [0.717, 1.165) is 80.7 Å². The molecule has 0 aliphatic rings. The average Bonchev–Trinajstić information content (AvgIpc) is 4.03. The summed E-state index contributed by atoms with van der Waals surface area (Å²) < 4.78 is 172. The van der Waals surface area contributed by atoms with E-state index in [0.29, 0.717) is 35.8 Å². The molecule has 18 nitrogen and oxygen atoms in total. The molecule has 0 saturated carbocycles.